The molecule has 9 heteroatoms. The number of hydrogen-bond donors (Lipinski definition) is 1. The van der Waals surface area contributed by atoms with Gasteiger partial charge in [0.25, 0.3) is 0 Å². The van der Waals surface area contributed by atoms with Crippen molar-refractivity contribution in [1.29, 1.82) is 0 Å². The van der Waals surface area contributed by atoms with E-state index in [1.54, 1.807) is 32.2 Å². The lowest BCUT2D eigenvalue weighted by Crippen LogP contribution is -2.37. The Morgan fingerprint density at radius 3 is 2.57 bits per heavy atom. The van der Waals surface area contributed by atoms with E-state index in [-0.39, 0.29) is 10.9 Å². The van der Waals surface area contributed by atoms with Crippen molar-refractivity contribution < 1.29 is 8.42 Å². The number of nitrogens with one attached hydrogen (secondary N) is 1. The van der Waals surface area contributed by atoms with Gasteiger partial charge in [0.15, 0.2) is 11.6 Å². The van der Waals surface area contributed by atoms with Gasteiger partial charge < -0.3 is 9.47 Å². The van der Waals surface area contributed by atoms with Crippen molar-refractivity contribution >= 4 is 15.8 Å². The molecule has 0 radical (unpaired) electrons. The van der Waals surface area contributed by atoms with Crippen molar-refractivity contribution in [2.75, 3.05) is 11.4 Å². The molecule has 0 fully saturated rings. The summed E-state index contributed by atoms with van der Waals surface area (Å²) in [5, 5.41) is 8.67. The molecular weight excluding hydrogens is 376 g/mol. The first-order chi connectivity index (χ1) is 13.5. The summed E-state index contributed by atoms with van der Waals surface area (Å²) in [5.74, 6) is 2.05. The van der Waals surface area contributed by atoms with E-state index in [2.05, 4.69) is 24.5 Å². The highest BCUT2D eigenvalue weighted by molar-refractivity contribution is 7.89. The fourth-order valence-electron chi connectivity index (χ4n) is 3.34. The van der Waals surface area contributed by atoms with Gasteiger partial charge in [0.2, 0.25) is 10.0 Å². The Balaban J connectivity index is 1.66. The number of aromatic nitrogens is 4. The fraction of sp³-hybridized carbons (Fsp3) is 0.316. The zero-order valence-electron chi connectivity index (χ0n) is 15.8. The molecule has 3 heterocycles. The number of anilines is 1. The highest BCUT2D eigenvalue weighted by atomic mass is 32.2. The summed E-state index contributed by atoms with van der Waals surface area (Å²) in [5.41, 5.74) is 1.01. The quantitative estimate of drug-likeness (QED) is 0.707. The van der Waals surface area contributed by atoms with Crippen molar-refractivity contribution in [1.82, 2.24) is 24.5 Å². The van der Waals surface area contributed by atoms with Crippen LogP contribution < -0.4 is 9.62 Å². The molecular formula is C19H22N6O2S. The Kier molecular flexibility index (Phi) is 4.86. The molecule has 28 heavy (non-hydrogen) atoms. The molecule has 1 aliphatic rings. The number of nitrogens with zero attached hydrogens (tertiary/aromatic N) is 5. The van der Waals surface area contributed by atoms with E-state index in [4.69, 9.17) is 0 Å². The normalized spacial score (nSPS) is 14.3. The monoisotopic (exact) mass is 398 g/mol. The van der Waals surface area contributed by atoms with Crippen molar-refractivity contribution in [3.05, 3.63) is 54.5 Å². The summed E-state index contributed by atoms with van der Waals surface area (Å²) in [6.07, 6.45) is 1.61. The van der Waals surface area contributed by atoms with Crippen LogP contribution in [0.25, 0.3) is 11.4 Å². The van der Waals surface area contributed by atoms with Gasteiger partial charge in [-0.25, -0.2) is 18.1 Å². The molecule has 0 aliphatic carbocycles. The minimum absolute atomic E-state index is 0.181. The molecule has 0 spiro atoms. The maximum Gasteiger partial charge on any atom is 0.244 e. The molecule has 1 N–H and O–H groups in total. The zero-order chi connectivity index (χ0) is 19.7. The van der Waals surface area contributed by atoms with Crippen LogP contribution in [0, 0.1) is 0 Å². The maximum atomic E-state index is 12.7. The lowest BCUT2D eigenvalue weighted by Gasteiger charge is -2.30. The van der Waals surface area contributed by atoms with Gasteiger partial charge in [-0.2, -0.15) is 0 Å². The zero-order valence-corrected chi connectivity index (χ0v) is 16.6. The van der Waals surface area contributed by atoms with Crippen molar-refractivity contribution in [3.63, 3.8) is 0 Å². The smallest absolute Gasteiger partial charge is 0.244 e. The number of pyridine rings is 1. The van der Waals surface area contributed by atoms with E-state index in [9.17, 15) is 8.42 Å². The third kappa shape index (κ3) is 3.50. The van der Waals surface area contributed by atoms with Crippen LogP contribution in [0.2, 0.25) is 0 Å². The second-order valence-corrected chi connectivity index (χ2v) is 8.66. The highest BCUT2D eigenvalue weighted by Crippen LogP contribution is 2.28. The second-order valence-electron chi connectivity index (χ2n) is 6.98. The largest absolute Gasteiger partial charge is 0.346 e. The predicted octanol–water partition coefficient (Wildman–Crippen LogP) is 2.05. The highest BCUT2D eigenvalue weighted by Gasteiger charge is 2.28. The Bertz CT molecular complexity index is 1080. The van der Waals surface area contributed by atoms with Gasteiger partial charge in [0.1, 0.15) is 10.7 Å². The number of benzene rings is 1. The van der Waals surface area contributed by atoms with Crippen LogP contribution >= 0.6 is 0 Å². The van der Waals surface area contributed by atoms with E-state index >= 15 is 0 Å². The molecule has 2 aromatic heterocycles. The Morgan fingerprint density at radius 2 is 1.82 bits per heavy atom. The van der Waals surface area contributed by atoms with Gasteiger partial charge in [0, 0.05) is 30.9 Å². The van der Waals surface area contributed by atoms with Crippen molar-refractivity contribution in [2.24, 2.45) is 0 Å². The molecule has 0 atom stereocenters. The molecule has 1 aromatic carbocycles. The summed E-state index contributed by atoms with van der Waals surface area (Å²) in [4.78, 5) is 6.48. The first-order valence-electron chi connectivity index (χ1n) is 9.15. The van der Waals surface area contributed by atoms with Gasteiger partial charge in [0.05, 0.1) is 6.54 Å². The first kappa shape index (κ1) is 18.6. The Hall–Kier alpha value is -2.78. The van der Waals surface area contributed by atoms with E-state index in [1.807, 2.05) is 35.2 Å². The Labute approximate surface area is 164 Å². The average molecular weight is 398 g/mol. The Morgan fingerprint density at radius 1 is 1.04 bits per heavy atom. The van der Waals surface area contributed by atoms with E-state index < -0.39 is 10.0 Å². The molecule has 4 rings (SSSR count). The number of rotatable bonds is 5. The molecule has 3 aromatic rings. The standard InChI is InChI=1S/C19H22N6O2S/c1-14(2)23-28(26,27)16-9-6-10-20-19(16)24-11-12-25-17(13-24)21-22-18(25)15-7-4-3-5-8-15/h3-10,14,23H,11-13H2,1-2H3. The minimum Gasteiger partial charge on any atom is -0.346 e. The first-order valence-corrected chi connectivity index (χ1v) is 10.6. The molecule has 8 nitrogen and oxygen atoms in total. The van der Waals surface area contributed by atoms with E-state index in [1.165, 1.54) is 0 Å². The number of hydrogen-bond acceptors (Lipinski definition) is 6. The van der Waals surface area contributed by atoms with Gasteiger partial charge in [-0.05, 0) is 26.0 Å². The third-order valence-electron chi connectivity index (χ3n) is 4.52. The summed E-state index contributed by atoms with van der Waals surface area (Å²) >= 11 is 0. The topological polar surface area (TPSA) is 93.0 Å². The summed E-state index contributed by atoms with van der Waals surface area (Å²) < 4.78 is 30.2. The molecule has 0 unspecified atom stereocenters. The van der Waals surface area contributed by atoms with Gasteiger partial charge in [-0.1, -0.05) is 30.3 Å². The molecule has 0 amide bonds. The van der Waals surface area contributed by atoms with Gasteiger partial charge in [-0.3, -0.25) is 0 Å². The summed E-state index contributed by atoms with van der Waals surface area (Å²) in [6.45, 7) is 5.30. The SMILES string of the molecule is CC(C)NS(=O)(=O)c1cccnc1N1CCn2c(nnc2-c2ccccc2)C1. The molecule has 0 saturated heterocycles. The summed E-state index contributed by atoms with van der Waals surface area (Å²) in [7, 11) is -3.65. The average Bonchev–Trinajstić information content (AvgIpc) is 3.11. The number of sulfonamides is 1. The third-order valence-corrected chi connectivity index (χ3v) is 6.20. The van der Waals surface area contributed by atoms with Crippen LogP contribution in [-0.4, -0.2) is 40.8 Å². The van der Waals surface area contributed by atoms with Crippen LogP contribution in [0.4, 0.5) is 5.82 Å². The van der Waals surface area contributed by atoms with Crippen LogP contribution in [0.1, 0.15) is 19.7 Å². The van der Waals surface area contributed by atoms with Crippen LogP contribution in [0.3, 0.4) is 0 Å². The molecule has 0 bridgehead atoms. The molecule has 146 valence electrons. The maximum absolute atomic E-state index is 12.7. The van der Waals surface area contributed by atoms with Crippen LogP contribution in [-0.2, 0) is 23.1 Å². The van der Waals surface area contributed by atoms with E-state index in [0.29, 0.717) is 25.5 Å². The molecule has 1 aliphatic heterocycles. The minimum atomic E-state index is -3.65. The second kappa shape index (κ2) is 7.33. The van der Waals surface area contributed by atoms with Crippen LogP contribution in [0.5, 0.6) is 0 Å². The van der Waals surface area contributed by atoms with Crippen molar-refractivity contribution in [2.45, 2.75) is 37.9 Å². The fourth-order valence-corrected chi connectivity index (χ4v) is 4.77. The van der Waals surface area contributed by atoms with Gasteiger partial charge in [-0.15, -0.1) is 10.2 Å². The van der Waals surface area contributed by atoms with Crippen molar-refractivity contribution in [3.8, 4) is 11.4 Å². The summed E-state index contributed by atoms with van der Waals surface area (Å²) in [6, 6.07) is 12.9. The molecule has 0 saturated carbocycles. The lowest BCUT2D eigenvalue weighted by atomic mass is 10.2. The van der Waals surface area contributed by atoms with E-state index in [0.717, 1.165) is 17.2 Å². The number of fused-ring (bicyclic) bond motifs is 1. The predicted molar refractivity (Wildman–Crippen MR) is 106 cm³/mol. The van der Waals surface area contributed by atoms with Gasteiger partial charge >= 0.3 is 0 Å². The van der Waals surface area contributed by atoms with Crippen LogP contribution in [0.15, 0.2) is 53.6 Å². The lowest BCUT2D eigenvalue weighted by molar-refractivity contribution is 0.549.